The third-order valence-corrected chi connectivity index (χ3v) is 5.28. The highest BCUT2D eigenvalue weighted by Gasteiger charge is 2.19. The Bertz CT molecular complexity index is 1140. The number of hydrogen-bond acceptors (Lipinski definition) is 9. The molecule has 0 aliphatic heterocycles. The highest BCUT2D eigenvalue weighted by molar-refractivity contribution is 7.13. The molecule has 3 aromatic rings. The first kappa shape index (κ1) is 22.8. The van der Waals surface area contributed by atoms with Gasteiger partial charge in [0, 0.05) is 11.1 Å². The third-order valence-electron chi connectivity index (χ3n) is 4.40. The molecule has 0 spiro atoms. The molecular formula is C22H20N2O7S. The molecule has 0 atom stereocenters. The van der Waals surface area contributed by atoms with Crippen molar-refractivity contribution in [3.63, 3.8) is 0 Å². The fraction of sp³-hybridized carbons (Fsp3) is 0.182. The maximum absolute atomic E-state index is 12.8. The summed E-state index contributed by atoms with van der Waals surface area (Å²) in [5.41, 5.74) is 1.22. The molecule has 166 valence electrons. The van der Waals surface area contributed by atoms with Crippen LogP contribution in [-0.4, -0.2) is 51.3 Å². The molecular weight excluding hydrogens is 436 g/mol. The molecule has 1 aromatic heterocycles. The molecule has 0 saturated carbocycles. The zero-order chi connectivity index (χ0) is 23.3. The first-order chi connectivity index (χ1) is 15.4. The minimum absolute atomic E-state index is 0.0887. The Hall–Kier alpha value is -3.92. The van der Waals surface area contributed by atoms with E-state index in [-0.39, 0.29) is 22.5 Å². The van der Waals surface area contributed by atoms with Crippen LogP contribution in [0.4, 0.5) is 5.69 Å². The Morgan fingerprint density at radius 1 is 0.906 bits per heavy atom. The fourth-order valence-corrected chi connectivity index (χ4v) is 3.75. The van der Waals surface area contributed by atoms with Crippen LogP contribution in [-0.2, 0) is 9.47 Å². The van der Waals surface area contributed by atoms with E-state index in [4.69, 9.17) is 18.9 Å². The second-order valence-electron chi connectivity index (χ2n) is 6.32. The Morgan fingerprint density at radius 3 is 2.12 bits per heavy atom. The Kier molecular flexibility index (Phi) is 7.06. The maximum Gasteiger partial charge on any atom is 0.337 e. The zero-order valence-corrected chi connectivity index (χ0v) is 18.6. The molecule has 0 saturated heterocycles. The van der Waals surface area contributed by atoms with Gasteiger partial charge in [-0.05, 0) is 30.3 Å². The second-order valence-corrected chi connectivity index (χ2v) is 7.17. The molecule has 0 unspecified atom stereocenters. The van der Waals surface area contributed by atoms with E-state index in [2.05, 4.69) is 10.3 Å². The molecule has 9 nitrogen and oxygen atoms in total. The molecule has 0 aliphatic rings. The number of methoxy groups -OCH3 is 4. The Morgan fingerprint density at radius 2 is 1.56 bits per heavy atom. The molecule has 32 heavy (non-hydrogen) atoms. The molecule has 0 fully saturated rings. The van der Waals surface area contributed by atoms with Crippen LogP contribution in [0.1, 0.15) is 31.2 Å². The summed E-state index contributed by atoms with van der Waals surface area (Å²) < 4.78 is 20.2. The van der Waals surface area contributed by atoms with E-state index in [1.165, 1.54) is 58.0 Å². The van der Waals surface area contributed by atoms with E-state index in [1.807, 2.05) is 6.07 Å². The number of carbonyl (C=O) groups is 3. The number of thiazole rings is 1. The summed E-state index contributed by atoms with van der Waals surface area (Å²) in [7, 11) is 5.49. The number of hydrogen-bond donors (Lipinski definition) is 1. The minimum atomic E-state index is -0.660. The lowest BCUT2D eigenvalue weighted by Crippen LogP contribution is -2.14. The van der Waals surface area contributed by atoms with Crippen molar-refractivity contribution in [1.82, 2.24) is 4.98 Å². The van der Waals surface area contributed by atoms with Gasteiger partial charge in [0.05, 0.1) is 45.1 Å². The van der Waals surface area contributed by atoms with Crippen LogP contribution in [0.5, 0.6) is 11.5 Å². The predicted molar refractivity (Wildman–Crippen MR) is 118 cm³/mol. The number of esters is 2. The number of amides is 1. The van der Waals surface area contributed by atoms with Gasteiger partial charge < -0.3 is 24.3 Å². The molecule has 1 N–H and O–H groups in total. The number of aromatic nitrogens is 1. The van der Waals surface area contributed by atoms with Crippen LogP contribution >= 0.6 is 11.3 Å². The van der Waals surface area contributed by atoms with Crippen LogP contribution in [0, 0.1) is 0 Å². The van der Waals surface area contributed by atoms with E-state index >= 15 is 0 Å². The van der Waals surface area contributed by atoms with E-state index in [9.17, 15) is 14.4 Å². The lowest BCUT2D eigenvalue weighted by molar-refractivity contribution is 0.0599. The standard InChI is InChI=1S/C22H20N2O7S/c1-28-17-7-5-6-15(18(17)29-2)20-24-16(11-32-20)19(25)23-14-9-12(21(26)30-3)8-13(10-14)22(27)31-4/h5-11H,1-4H3,(H,23,25). The van der Waals surface area contributed by atoms with Crippen molar-refractivity contribution in [2.75, 3.05) is 33.8 Å². The monoisotopic (exact) mass is 456 g/mol. The number of nitrogens with one attached hydrogen (secondary N) is 1. The Balaban J connectivity index is 1.90. The normalized spacial score (nSPS) is 10.2. The van der Waals surface area contributed by atoms with Crippen molar-refractivity contribution in [1.29, 1.82) is 0 Å². The van der Waals surface area contributed by atoms with Gasteiger partial charge >= 0.3 is 11.9 Å². The number of rotatable bonds is 7. The SMILES string of the molecule is COC(=O)c1cc(NC(=O)c2csc(-c3cccc(OC)c3OC)n2)cc(C(=O)OC)c1. The van der Waals surface area contributed by atoms with Crippen LogP contribution in [0.25, 0.3) is 10.6 Å². The Labute approximate surface area is 187 Å². The van der Waals surface area contributed by atoms with Gasteiger partial charge in [-0.1, -0.05) is 6.07 Å². The smallest absolute Gasteiger partial charge is 0.337 e. The van der Waals surface area contributed by atoms with Crippen molar-refractivity contribution in [3.8, 4) is 22.1 Å². The highest BCUT2D eigenvalue weighted by atomic mass is 32.1. The molecule has 1 heterocycles. The number of benzene rings is 2. The van der Waals surface area contributed by atoms with E-state index in [0.717, 1.165) is 0 Å². The van der Waals surface area contributed by atoms with Gasteiger partial charge in [0.25, 0.3) is 5.91 Å². The van der Waals surface area contributed by atoms with E-state index < -0.39 is 17.8 Å². The van der Waals surface area contributed by atoms with Gasteiger partial charge in [-0.25, -0.2) is 14.6 Å². The quantitative estimate of drug-likeness (QED) is 0.536. The van der Waals surface area contributed by atoms with Crippen molar-refractivity contribution in [2.45, 2.75) is 0 Å². The summed E-state index contributed by atoms with van der Waals surface area (Å²) in [6, 6.07) is 9.48. The predicted octanol–water partition coefficient (Wildman–Crippen LogP) is 3.65. The molecule has 2 aromatic carbocycles. The molecule has 0 aliphatic carbocycles. The topological polar surface area (TPSA) is 113 Å². The van der Waals surface area contributed by atoms with Crippen molar-refractivity contribution in [3.05, 3.63) is 58.6 Å². The molecule has 10 heteroatoms. The summed E-state index contributed by atoms with van der Waals surface area (Å²) in [6.45, 7) is 0. The van der Waals surface area contributed by atoms with Gasteiger partial charge in [-0.3, -0.25) is 4.79 Å². The molecule has 0 radical (unpaired) electrons. The van der Waals surface area contributed by atoms with Crippen molar-refractivity contribution >= 4 is 34.9 Å². The lowest BCUT2D eigenvalue weighted by Gasteiger charge is -2.10. The number of para-hydroxylation sites is 1. The third kappa shape index (κ3) is 4.70. The van der Waals surface area contributed by atoms with Gasteiger partial charge in [-0.2, -0.15) is 0 Å². The lowest BCUT2D eigenvalue weighted by atomic mass is 10.1. The van der Waals surface area contributed by atoms with E-state index in [1.54, 1.807) is 17.5 Å². The number of carbonyl (C=O) groups excluding carboxylic acids is 3. The van der Waals surface area contributed by atoms with Crippen molar-refractivity contribution < 1.29 is 33.3 Å². The highest BCUT2D eigenvalue weighted by Crippen LogP contribution is 2.39. The summed E-state index contributed by atoms with van der Waals surface area (Å²) in [4.78, 5) is 41.1. The van der Waals surface area contributed by atoms with E-state index in [0.29, 0.717) is 22.1 Å². The summed E-state index contributed by atoms with van der Waals surface area (Å²) in [5, 5.41) is 4.80. The largest absolute Gasteiger partial charge is 0.493 e. The molecule has 1 amide bonds. The zero-order valence-electron chi connectivity index (χ0n) is 17.8. The van der Waals surface area contributed by atoms with Crippen molar-refractivity contribution in [2.24, 2.45) is 0 Å². The number of anilines is 1. The first-order valence-corrected chi connectivity index (χ1v) is 10.1. The second kappa shape index (κ2) is 9.92. The average molecular weight is 456 g/mol. The van der Waals surface area contributed by atoms with Crippen LogP contribution in [0.2, 0.25) is 0 Å². The molecule has 0 bridgehead atoms. The minimum Gasteiger partial charge on any atom is -0.493 e. The van der Waals surface area contributed by atoms with Gasteiger partial charge in [0.1, 0.15) is 10.7 Å². The van der Waals surface area contributed by atoms with Gasteiger partial charge in [-0.15, -0.1) is 11.3 Å². The maximum atomic E-state index is 12.8. The molecule has 3 rings (SSSR count). The first-order valence-electron chi connectivity index (χ1n) is 9.21. The number of nitrogens with zero attached hydrogens (tertiary/aromatic N) is 1. The van der Waals surface area contributed by atoms with Gasteiger partial charge in [0.15, 0.2) is 11.5 Å². The van der Waals surface area contributed by atoms with Gasteiger partial charge in [0.2, 0.25) is 0 Å². The summed E-state index contributed by atoms with van der Waals surface area (Å²) in [5.74, 6) is -0.794. The van der Waals surface area contributed by atoms with Crippen LogP contribution < -0.4 is 14.8 Å². The number of ether oxygens (including phenoxy) is 4. The summed E-state index contributed by atoms with van der Waals surface area (Å²) in [6.07, 6.45) is 0. The fourth-order valence-electron chi connectivity index (χ4n) is 2.92. The van der Waals surface area contributed by atoms with Crippen LogP contribution in [0.15, 0.2) is 41.8 Å². The summed E-state index contributed by atoms with van der Waals surface area (Å²) >= 11 is 1.26. The van der Waals surface area contributed by atoms with Crippen LogP contribution in [0.3, 0.4) is 0 Å². The average Bonchev–Trinajstić information content (AvgIpc) is 3.32.